The van der Waals surface area contributed by atoms with Gasteiger partial charge >= 0.3 is 0 Å². The number of methoxy groups -OCH3 is 3. The zero-order chi connectivity index (χ0) is 28.9. The molecule has 5 aromatic rings. The predicted molar refractivity (Wildman–Crippen MR) is 163 cm³/mol. The monoisotopic (exact) mass is 552 g/mol. The van der Waals surface area contributed by atoms with Crippen LogP contribution in [0.25, 0.3) is 34.1 Å². The average Bonchev–Trinajstić information content (AvgIpc) is 3.55. The molecule has 212 valence electrons. The molecular weight excluding hydrogens is 516 g/mol. The van der Waals surface area contributed by atoms with E-state index in [1.807, 2.05) is 65.1 Å². The number of carbonyl (C=O) groups is 1. The van der Waals surface area contributed by atoms with E-state index in [4.69, 9.17) is 19.2 Å². The number of imidazole rings is 2. The predicted octanol–water partition coefficient (Wildman–Crippen LogP) is 6.22. The van der Waals surface area contributed by atoms with Crippen LogP contribution >= 0.6 is 0 Å². The Balaban J connectivity index is 1.67. The third kappa shape index (κ3) is 5.43. The lowest BCUT2D eigenvalue weighted by molar-refractivity contribution is 0.104. The number of aromatic nitrogens is 3. The Bertz CT molecular complexity index is 1690. The zero-order valence-corrected chi connectivity index (χ0v) is 24.3. The lowest BCUT2D eigenvalue weighted by Gasteiger charge is -2.18. The molecule has 2 aromatic heterocycles. The summed E-state index contributed by atoms with van der Waals surface area (Å²) in [7, 11) is 4.83. The van der Waals surface area contributed by atoms with Crippen LogP contribution < -0.4 is 14.2 Å². The lowest BCUT2D eigenvalue weighted by Crippen LogP contribution is -2.27. The highest BCUT2D eigenvalue weighted by atomic mass is 16.5. The summed E-state index contributed by atoms with van der Waals surface area (Å²) in [6.45, 7) is 7.93. The van der Waals surface area contributed by atoms with Crippen LogP contribution in [0.1, 0.15) is 29.9 Å². The van der Waals surface area contributed by atoms with Gasteiger partial charge in [-0.3, -0.25) is 9.20 Å². The highest BCUT2D eigenvalue weighted by molar-refractivity contribution is 6.11. The van der Waals surface area contributed by atoms with Gasteiger partial charge in [-0.2, -0.15) is 0 Å². The van der Waals surface area contributed by atoms with E-state index >= 15 is 0 Å². The van der Waals surface area contributed by atoms with E-state index in [0.717, 1.165) is 59.9 Å². The molecule has 0 saturated heterocycles. The van der Waals surface area contributed by atoms with Crippen LogP contribution in [0.2, 0.25) is 0 Å². The molecule has 5 rings (SSSR count). The van der Waals surface area contributed by atoms with E-state index in [0.29, 0.717) is 22.9 Å². The van der Waals surface area contributed by atoms with Gasteiger partial charge in [-0.05, 0) is 73.3 Å². The maximum atomic E-state index is 14.1. The SMILES string of the molecule is CCN(CC)CCn1c2ccccc2n2c(C(=O)/C=C/c3ccc(OC)c(OC)c3)c(-c3ccc(OC)cc3)nc12. The standard InChI is InChI=1S/C33H36N4O4/c1-6-35(7-2)20-21-36-26-10-8-9-11-27(26)37-32(31(34-33(36)37)24-14-16-25(39-3)17-15-24)28(38)18-12-23-13-19-29(40-4)30(22-23)41-5/h8-19,22H,6-7,20-21H2,1-5H3/b18-12+. The Labute approximate surface area is 240 Å². The number of likely N-dealkylation sites (N-methyl/N-ethyl adjacent to an activating group) is 1. The summed E-state index contributed by atoms with van der Waals surface area (Å²) in [5, 5.41) is 0. The molecule has 0 unspecified atom stereocenters. The summed E-state index contributed by atoms with van der Waals surface area (Å²) in [6.07, 6.45) is 3.39. The molecule has 0 amide bonds. The van der Waals surface area contributed by atoms with Crippen LogP contribution in [-0.4, -0.2) is 65.6 Å². The summed E-state index contributed by atoms with van der Waals surface area (Å²) >= 11 is 0. The topological polar surface area (TPSA) is 70.2 Å². The zero-order valence-electron chi connectivity index (χ0n) is 24.3. The number of benzene rings is 3. The van der Waals surface area contributed by atoms with E-state index in [1.54, 1.807) is 33.5 Å². The molecule has 0 aliphatic heterocycles. The smallest absolute Gasteiger partial charge is 0.216 e. The normalized spacial score (nSPS) is 11.7. The first-order valence-corrected chi connectivity index (χ1v) is 13.8. The molecule has 0 radical (unpaired) electrons. The van der Waals surface area contributed by atoms with Gasteiger partial charge in [0.25, 0.3) is 0 Å². The Kier molecular flexibility index (Phi) is 8.40. The summed E-state index contributed by atoms with van der Waals surface area (Å²) in [5.41, 5.74) is 4.80. The maximum Gasteiger partial charge on any atom is 0.216 e. The fourth-order valence-electron chi connectivity index (χ4n) is 5.19. The number of ether oxygens (including phenoxy) is 3. The molecule has 0 atom stereocenters. The minimum absolute atomic E-state index is 0.148. The van der Waals surface area contributed by atoms with Crippen molar-refractivity contribution in [3.05, 3.63) is 84.1 Å². The Hall–Kier alpha value is -4.56. The molecule has 8 heteroatoms. The van der Waals surface area contributed by atoms with Gasteiger partial charge in [0.1, 0.15) is 17.1 Å². The van der Waals surface area contributed by atoms with Gasteiger partial charge in [0.2, 0.25) is 11.6 Å². The van der Waals surface area contributed by atoms with Crippen molar-refractivity contribution < 1.29 is 19.0 Å². The van der Waals surface area contributed by atoms with E-state index in [9.17, 15) is 4.79 Å². The number of fused-ring (bicyclic) bond motifs is 3. The number of nitrogens with zero attached hydrogens (tertiary/aromatic N) is 4. The van der Waals surface area contributed by atoms with E-state index in [2.05, 4.69) is 29.4 Å². The highest BCUT2D eigenvalue weighted by Crippen LogP contribution is 2.32. The molecule has 0 saturated carbocycles. The summed E-state index contributed by atoms with van der Waals surface area (Å²) < 4.78 is 20.4. The van der Waals surface area contributed by atoms with E-state index in [-0.39, 0.29) is 5.78 Å². The highest BCUT2D eigenvalue weighted by Gasteiger charge is 2.25. The lowest BCUT2D eigenvalue weighted by atomic mass is 10.1. The number of allylic oxidation sites excluding steroid dienone is 1. The average molecular weight is 553 g/mol. The molecule has 8 nitrogen and oxygen atoms in total. The van der Waals surface area contributed by atoms with Gasteiger partial charge < -0.3 is 23.7 Å². The van der Waals surface area contributed by atoms with Crippen molar-refractivity contribution in [3.8, 4) is 28.5 Å². The van der Waals surface area contributed by atoms with Gasteiger partial charge in [-0.1, -0.05) is 38.1 Å². The second-order valence-corrected chi connectivity index (χ2v) is 9.65. The number of rotatable bonds is 12. The first-order chi connectivity index (χ1) is 20.0. The molecule has 0 bridgehead atoms. The van der Waals surface area contributed by atoms with Crippen molar-refractivity contribution in [2.24, 2.45) is 0 Å². The minimum Gasteiger partial charge on any atom is -0.497 e. The number of ketones is 1. The summed E-state index contributed by atoms with van der Waals surface area (Å²) in [4.78, 5) is 21.5. The molecular formula is C33H36N4O4. The van der Waals surface area contributed by atoms with Crippen molar-refractivity contribution in [2.75, 3.05) is 41.0 Å². The van der Waals surface area contributed by atoms with E-state index < -0.39 is 0 Å². The minimum atomic E-state index is -0.148. The van der Waals surface area contributed by atoms with Crippen LogP contribution in [0.5, 0.6) is 17.2 Å². The second-order valence-electron chi connectivity index (χ2n) is 9.65. The summed E-state index contributed by atoms with van der Waals surface area (Å²) in [5.74, 6) is 2.57. The summed E-state index contributed by atoms with van der Waals surface area (Å²) in [6, 6.07) is 21.4. The number of para-hydroxylation sites is 2. The van der Waals surface area contributed by atoms with Crippen LogP contribution in [0, 0.1) is 0 Å². The van der Waals surface area contributed by atoms with Crippen molar-refractivity contribution in [2.45, 2.75) is 20.4 Å². The Morgan fingerprint density at radius 1 is 0.878 bits per heavy atom. The molecule has 0 aliphatic carbocycles. The van der Waals surface area contributed by atoms with Crippen molar-refractivity contribution >= 4 is 28.7 Å². The first kappa shape index (κ1) is 28.0. The van der Waals surface area contributed by atoms with Gasteiger partial charge in [0, 0.05) is 18.7 Å². The molecule has 0 aliphatic rings. The second kappa shape index (κ2) is 12.3. The molecule has 3 aromatic carbocycles. The molecule has 2 heterocycles. The van der Waals surface area contributed by atoms with Crippen LogP contribution in [0.4, 0.5) is 0 Å². The number of hydrogen-bond acceptors (Lipinski definition) is 6. The number of carbonyl (C=O) groups excluding carboxylic acids is 1. The van der Waals surface area contributed by atoms with Crippen molar-refractivity contribution in [3.63, 3.8) is 0 Å². The van der Waals surface area contributed by atoms with Gasteiger partial charge in [0.15, 0.2) is 11.5 Å². The quantitative estimate of drug-likeness (QED) is 0.135. The fraction of sp³-hybridized carbons (Fsp3) is 0.273. The number of hydrogen-bond donors (Lipinski definition) is 0. The third-order valence-electron chi connectivity index (χ3n) is 7.48. The molecule has 0 fully saturated rings. The van der Waals surface area contributed by atoms with Crippen molar-refractivity contribution in [1.29, 1.82) is 0 Å². The first-order valence-electron chi connectivity index (χ1n) is 13.8. The third-order valence-corrected chi connectivity index (χ3v) is 7.48. The molecule has 0 N–H and O–H groups in total. The maximum absolute atomic E-state index is 14.1. The van der Waals surface area contributed by atoms with Crippen LogP contribution in [0.15, 0.2) is 72.8 Å². The van der Waals surface area contributed by atoms with Gasteiger partial charge in [0.05, 0.1) is 32.4 Å². The Morgan fingerprint density at radius 3 is 2.24 bits per heavy atom. The fourth-order valence-corrected chi connectivity index (χ4v) is 5.19. The van der Waals surface area contributed by atoms with Crippen LogP contribution in [0.3, 0.4) is 0 Å². The van der Waals surface area contributed by atoms with Gasteiger partial charge in [-0.25, -0.2) is 4.98 Å². The largest absolute Gasteiger partial charge is 0.497 e. The van der Waals surface area contributed by atoms with E-state index in [1.165, 1.54) is 0 Å². The molecule has 0 spiro atoms. The van der Waals surface area contributed by atoms with Gasteiger partial charge in [-0.15, -0.1) is 0 Å². The van der Waals surface area contributed by atoms with Crippen molar-refractivity contribution in [1.82, 2.24) is 18.9 Å². The Morgan fingerprint density at radius 2 is 1.59 bits per heavy atom. The molecule has 41 heavy (non-hydrogen) atoms. The van der Waals surface area contributed by atoms with Crippen LogP contribution in [-0.2, 0) is 6.54 Å².